The van der Waals surface area contributed by atoms with E-state index >= 15 is 0 Å². The lowest BCUT2D eigenvalue weighted by molar-refractivity contribution is 0.108. The SMILES string of the molecule is OCCN1CCN(Cc2ncc(-c3ccccc3)s2)CC1. The molecule has 1 aliphatic rings. The minimum Gasteiger partial charge on any atom is -0.395 e. The van der Waals surface area contributed by atoms with Crippen LogP contribution in [0.25, 0.3) is 10.4 Å². The summed E-state index contributed by atoms with van der Waals surface area (Å²) in [5, 5.41) is 10.2. The van der Waals surface area contributed by atoms with Crippen LogP contribution in [-0.4, -0.2) is 59.2 Å². The number of piperazine rings is 1. The lowest BCUT2D eigenvalue weighted by Gasteiger charge is -2.33. The zero-order valence-electron chi connectivity index (χ0n) is 12.1. The topological polar surface area (TPSA) is 39.6 Å². The Hall–Kier alpha value is -1.27. The van der Waals surface area contributed by atoms with Crippen LogP contribution in [0.3, 0.4) is 0 Å². The highest BCUT2D eigenvalue weighted by atomic mass is 32.1. The zero-order chi connectivity index (χ0) is 14.5. The number of rotatable bonds is 5. The number of benzene rings is 1. The third kappa shape index (κ3) is 3.89. The van der Waals surface area contributed by atoms with Gasteiger partial charge in [-0.3, -0.25) is 9.80 Å². The van der Waals surface area contributed by atoms with Gasteiger partial charge in [0.15, 0.2) is 0 Å². The summed E-state index contributed by atoms with van der Waals surface area (Å²) in [4.78, 5) is 10.6. The van der Waals surface area contributed by atoms with E-state index in [4.69, 9.17) is 5.11 Å². The number of hydrogen-bond donors (Lipinski definition) is 1. The summed E-state index contributed by atoms with van der Waals surface area (Å²) in [6.45, 7) is 6.18. The molecular formula is C16H21N3OS. The normalized spacial score (nSPS) is 17.2. The fourth-order valence-corrected chi connectivity index (χ4v) is 3.59. The molecule has 0 radical (unpaired) electrons. The van der Waals surface area contributed by atoms with Gasteiger partial charge in [-0.1, -0.05) is 30.3 Å². The summed E-state index contributed by atoms with van der Waals surface area (Å²) in [5.41, 5.74) is 1.24. The third-order valence-corrected chi connectivity index (χ3v) is 4.88. The van der Waals surface area contributed by atoms with Crippen LogP contribution >= 0.6 is 11.3 Å². The highest BCUT2D eigenvalue weighted by molar-refractivity contribution is 7.15. The predicted octanol–water partition coefficient (Wildman–Crippen LogP) is 1.92. The molecule has 1 aliphatic heterocycles. The maximum atomic E-state index is 8.97. The van der Waals surface area contributed by atoms with Crippen molar-refractivity contribution in [3.8, 4) is 10.4 Å². The van der Waals surface area contributed by atoms with E-state index in [0.717, 1.165) is 39.3 Å². The molecule has 3 rings (SSSR count). The summed E-state index contributed by atoms with van der Waals surface area (Å²) in [6, 6.07) is 10.4. The van der Waals surface area contributed by atoms with Crippen molar-refractivity contribution in [2.75, 3.05) is 39.3 Å². The second-order valence-corrected chi connectivity index (χ2v) is 6.44. The summed E-state index contributed by atoms with van der Waals surface area (Å²) >= 11 is 1.78. The number of aliphatic hydroxyl groups excluding tert-OH is 1. The number of aliphatic hydroxyl groups is 1. The third-order valence-electron chi connectivity index (χ3n) is 3.85. The first-order valence-electron chi connectivity index (χ1n) is 7.41. The maximum absolute atomic E-state index is 8.97. The van der Waals surface area contributed by atoms with E-state index in [1.54, 1.807) is 11.3 Å². The Labute approximate surface area is 129 Å². The van der Waals surface area contributed by atoms with Crippen LogP contribution in [0.2, 0.25) is 0 Å². The van der Waals surface area contributed by atoms with Crippen molar-refractivity contribution in [1.82, 2.24) is 14.8 Å². The molecule has 5 heteroatoms. The van der Waals surface area contributed by atoms with Crippen LogP contribution in [0, 0.1) is 0 Å². The largest absolute Gasteiger partial charge is 0.395 e. The number of nitrogens with zero attached hydrogens (tertiary/aromatic N) is 3. The van der Waals surface area contributed by atoms with E-state index in [1.807, 2.05) is 12.3 Å². The highest BCUT2D eigenvalue weighted by Crippen LogP contribution is 2.26. The molecule has 0 spiro atoms. The van der Waals surface area contributed by atoms with E-state index in [2.05, 4.69) is 39.0 Å². The molecule has 1 aromatic carbocycles. The Kier molecular flexibility index (Phi) is 4.98. The molecular weight excluding hydrogens is 282 g/mol. The van der Waals surface area contributed by atoms with Crippen LogP contribution < -0.4 is 0 Å². The van der Waals surface area contributed by atoms with Crippen LogP contribution in [0.15, 0.2) is 36.5 Å². The molecule has 0 aliphatic carbocycles. The predicted molar refractivity (Wildman–Crippen MR) is 86.4 cm³/mol. The fourth-order valence-electron chi connectivity index (χ4n) is 2.62. The summed E-state index contributed by atoms with van der Waals surface area (Å²) in [7, 11) is 0. The molecule has 0 atom stereocenters. The molecule has 4 nitrogen and oxygen atoms in total. The van der Waals surface area contributed by atoms with E-state index < -0.39 is 0 Å². The van der Waals surface area contributed by atoms with Crippen molar-refractivity contribution in [3.63, 3.8) is 0 Å². The minimum absolute atomic E-state index is 0.257. The molecule has 1 N–H and O–H groups in total. The molecule has 0 amide bonds. The van der Waals surface area contributed by atoms with Crippen LogP contribution in [0.5, 0.6) is 0 Å². The van der Waals surface area contributed by atoms with Crippen molar-refractivity contribution < 1.29 is 5.11 Å². The number of β-amino-alcohol motifs (C(OH)–C–C–N with tert-alkyl or cyclic N) is 1. The second kappa shape index (κ2) is 7.13. The summed E-state index contributed by atoms with van der Waals surface area (Å²) < 4.78 is 0. The monoisotopic (exact) mass is 303 g/mol. The van der Waals surface area contributed by atoms with Crippen molar-refractivity contribution in [2.24, 2.45) is 0 Å². The van der Waals surface area contributed by atoms with Gasteiger partial charge in [0.2, 0.25) is 0 Å². The number of aromatic nitrogens is 1. The first-order chi connectivity index (χ1) is 10.3. The Bertz CT molecular complexity index is 550. The highest BCUT2D eigenvalue weighted by Gasteiger charge is 2.17. The summed E-state index contributed by atoms with van der Waals surface area (Å²) in [6.07, 6.45) is 1.98. The van der Waals surface area contributed by atoms with Gasteiger partial charge in [0, 0.05) is 38.9 Å². The van der Waals surface area contributed by atoms with E-state index in [1.165, 1.54) is 15.4 Å². The average Bonchev–Trinajstić information content (AvgIpc) is 2.99. The smallest absolute Gasteiger partial charge is 0.107 e. The van der Waals surface area contributed by atoms with Crippen LogP contribution in [0.1, 0.15) is 5.01 Å². The molecule has 0 saturated carbocycles. The molecule has 1 aromatic heterocycles. The van der Waals surface area contributed by atoms with Gasteiger partial charge >= 0.3 is 0 Å². The van der Waals surface area contributed by atoms with Crippen molar-refractivity contribution in [2.45, 2.75) is 6.54 Å². The van der Waals surface area contributed by atoms with Crippen molar-refractivity contribution in [1.29, 1.82) is 0 Å². The molecule has 112 valence electrons. The molecule has 0 unspecified atom stereocenters. The second-order valence-electron chi connectivity index (χ2n) is 5.33. The van der Waals surface area contributed by atoms with E-state index in [-0.39, 0.29) is 6.61 Å². The number of hydrogen-bond acceptors (Lipinski definition) is 5. The quantitative estimate of drug-likeness (QED) is 0.916. The minimum atomic E-state index is 0.257. The van der Waals surface area contributed by atoms with Crippen molar-refractivity contribution in [3.05, 3.63) is 41.5 Å². The van der Waals surface area contributed by atoms with Crippen molar-refractivity contribution >= 4 is 11.3 Å². The summed E-state index contributed by atoms with van der Waals surface area (Å²) in [5.74, 6) is 0. The number of thiazole rings is 1. The maximum Gasteiger partial charge on any atom is 0.107 e. The Morgan fingerprint density at radius 3 is 2.48 bits per heavy atom. The fraction of sp³-hybridized carbons (Fsp3) is 0.438. The average molecular weight is 303 g/mol. The first-order valence-corrected chi connectivity index (χ1v) is 8.22. The van der Waals surface area contributed by atoms with Gasteiger partial charge in [0.1, 0.15) is 5.01 Å². The lowest BCUT2D eigenvalue weighted by atomic mass is 10.2. The van der Waals surface area contributed by atoms with Gasteiger partial charge in [-0.25, -0.2) is 4.98 Å². The van der Waals surface area contributed by atoms with Gasteiger partial charge in [0.25, 0.3) is 0 Å². The Morgan fingerprint density at radius 2 is 1.76 bits per heavy atom. The van der Waals surface area contributed by atoms with Gasteiger partial charge in [-0.2, -0.15) is 0 Å². The van der Waals surface area contributed by atoms with Gasteiger partial charge in [-0.05, 0) is 5.56 Å². The molecule has 21 heavy (non-hydrogen) atoms. The Morgan fingerprint density at radius 1 is 1.05 bits per heavy atom. The standard InChI is InChI=1S/C16H21N3OS/c20-11-10-18-6-8-19(9-7-18)13-16-17-12-15(21-16)14-4-2-1-3-5-14/h1-5,12,20H,6-11,13H2. The first kappa shape index (κ1) is 14.7. The van der Waals surface area contributed by atoms with Gasteiger partial charge in [-0.15, -0.1) is 11.3 Å². The lowest BCUT2D eigenvalue weighted by Crippen LogP contribution is -2.46. The molecule has 0 bridgehead atoms. The van der Waals surface area contributed by atoms with Gasteiger partial charge < -0.3 is 5.11 Å². The molecule has 1 fully saturated rings. The molecule has 2 heterocycles. The van der Waals surface area contributed by atoms with Crippen LogP contribution in [-0.2, 0) is 6.54 Å². The van der Waals surface area contributed by atoms with Crippen LogP contribution in [0.4, 0.5) is 0 Å². The van der Waals surface area contributed by atoms with E-state index in [9.17, 15) is 0 Å². The Balaban J connectivity index is 1.56. The molecule has 1 saturated heterocycles. The van der Waals surface area contributed by atoms with E-state index in [0.29, 0.717) is 0 Å². The van der Waals surface area contributed by atoms with Gasteiger partial charge in [0.05, 0.1) is 18.0 Å². The molecule has 2 aromatic rings. The zero-order valence-corrected chi connectivity index (χ0v) is 12.9.